The largest absolute Gasteiger partial charge is 0.309 e. The minimum absolute atomic E-state index is 0.834. The third-order valence-electron chi connectivity index (χ3n) is 2.25. The summed E-state index contributed by atoms with van der Waals surface area (Å²) in [7, 11) is 0. The molecule has 0 unspecified atom stereocenters. The molecule has 0 saturated carbocycles. The zero-order chi connectivity index (χ0) is 10.7. The van der Waals surface area contributed by atoms with Crippen LogP contribution in [0.2, 0.25) is 0 Å². The minimum Gasteiger partial charge on any atom is -0.309 e. The minimum atomic E-state index is 0.834. The molecule has 0 aromatic carbocycles. The zero-order valence-electron chi connectivity index (χ0n) is 8.90. The molecule has 2 aromatic rings. The lowest BCUT2D eigenvalue weighted by Crippen LogP contribution is -2.14. The van der Waals surface area contributed by atoms with Gasteiger partial charge in [0.15, 0.2) is 0 Å². The summed E-state index contributed by atoms with van der Waals surface area (Å²) in [6.07, 6.45) is 3.86. The van der Waals surface area contributed by atoms with Gasteiger partial charge in [-0.3, -0.25) is 0 Å². The van der Waals surface area contributed by atoms with Gasteiger partial charge in [0.25, 0.3) is 0 Å². The van der Waals surface area contributed by atoms with E-state index >= 15 is 0 Å². The SMILES string of the molecule is C=C(C)CNCc1cnn2ccccc12. The van der Waals surface area contributed by atoms with Crippen molar-refractivity contribution in [2.45, 2.75) is 13.5 Å². The van der Waals surface area contributed by atoms with Crippen LogP contribution in [0.5, 0.6) is 0 Å². The molecule has 0 aliphatic heterocycles. The van der Waals surface area contributed by atoms with Crippen LogP contribution in [-0.4, -0.2) is 16.2 Å². The average molecular weight is 201 g/mol. The molecule has 3 heteroatoms. The fourth-order valence-corrected chi connectivity index (χ4v) is 1.53. The van der Waals surface area contributed by atoms with Crippen LogP contribution in [0.1, 0.15) is 12.5 Å². The molecule has 0 amide bonds. The highest BCUT2D eigenvalue weighted by atomic mass is 15.2. The van der Waals surface area contributed by atoms with Gasteiger partial charge in [-0.2, -0.15) is 5.10 Å². The highest BCUT2D eigenvalue weighted by Crippen LogP contribution is 2.09. The summed E-state index contributed by atoms with van der Waals surface area (Å²) in [6, 6.07) is 6.08. The van der Waals surface area contributed by atoms with Gasteiger partial charge in [0.2, 0.25) is 0 Å². The van der Waals surface area contributed by atoms with E-state index in [-0.39, 0.29) is 0 Å². The van der Waals surface area contributed by atoms with Crippen molar-refractivity contribution in [2.75, 3.05) is 6.54 Å². The Kier molecular flexibility index (Phi) is 2.83. The molecule has 0 aliphatic rings. The number of hydrogen-bond donors (Lipinski definition) is 1. The Balaban J connectivity index is 2.11. The van der Waals surface area contributed by atoms with Gasteiger partial charge in [-0.25, -0.2) is 4.52 Å². The van der Waals surface area contributed by atoms with Crippen molar-refractivity contribution in [1.29, 1.82) is 0 Å². The Labute approximate surface area is 89.4 Å². The fraction of sp³-hybridized carbons (Fsp3) is 0.250. The molecule has 2 aromatic heterocycles. The van der Waals surface area contributed by atoms with Crippen LogP contribution >= 0.6 is 0 Å². The molecule has 0 bridgehead atoms. The number of rotatable bonds is 4. The summed E-state index contributed by atoms with van der Waals surface area (Å²) in [5.41, 5.74) is 3.52. The summed E-state index contributed by atoms with van der Waals surface area (Å²) < 4.78 is 1.89. The molecule has 0 spiro atoms. The first kappa shape index (κ1) is 9.93. The van der Waals surface area contributed by atoms with E-state index in [1.54, 1.807) is 0 Å². The molecule has 0 radical (unpaired) electrons. The van der Waals surface area contributed by atoms with E-state index in [9.17, 15) is 0 Å². The van der Waals surface area contributed by atoms with Gasteiger partial charge < -0.3 is 5.32 Å². The Morgan fingerprint density at radius 2 is 2.40 bits per heavy atom. The van der Waals surface area contributed by atoms with E-state index in [2.05, 4.69) is 23.1 Å². The molecule has 78 valence electrons. The molecule has 15 heavy (non-hydrogen) atoms. The van der Waals surface area contributed by atoms with Crippen LogP contribution < -0.4 is 5.32 Å². The third-order valence-corrected chi connectivity index (χ3v) is 2.25. The van der Waals surface area contributed by atoms with Crippen LogP contribution in [0.15, 0.2) is 42.7 Å². The van der Waals surface area contributed by atoms with Crippen molar-refractivity contribution < 1.29 is 0 Å². The van der Waals surface area contributed by atoms with Crippen LogP contribution in [0, 0.1) is 0 Å². The van der Waals surface area contributed by atoms with Crippen molar-refractivity contribution in [3.05, 3.63) is 48.3 Å². The van der Waals surface area contributed by atoms with Gasteiger partial charge in [-0.15, -0.1) is 0 Å². The predicted molar refractivity (Wildman–Crippen MR) is 61.7 cm³/mol. The normalized spacial score (nSPS) is 10.7. The summed E-state index contributed by atoms with van der Waals surface area (Å²) in [5.74, 6) is 0. The van der Waals surface area contributed by atoms with Crippen LogP contribution in [0.4, 0.5) is 0 Å². The first-order valence-electron chi connectivity index (χ1n) is 5.04. The number of fused-ring (bicyclic) bond motifs is 1. The fourth-order valence-electron chi connectivity index (χ4n) is 1.53. The molecule has 0 saturated heterocycles. The molecule has 0 atom stereocenters. The summed E-state index contributed by atoms with van der Waals surface area (Å²) >= 11 is 0. The maximum absolute atomic E-state index is 4.27. The number of hydrogen-bond acceptors (Lipinski definition) is 2. The van der Waals surface area contributed by atoms with Crippen molar-refractivity contribution in [3.8, 4) is 0 Å². The lowest BCUT2D eigenvalue weighted by molar-refractivity contribution is 0.744. The summed E-state index contributed by atoms with van der Waals surface area (Å²) in [5, 5.41) is 7.60. The Hall–Kier alpha value is -1.61. The Morgan fingerprint density at radius 1 is 1.53 bits per heavy atom. The van der Waals surface area contributed by atoms with Crippen molar-refractivity contribution >= 4 is 5.52 Å². The number of nitrogens with zero attached hydrogens (tertiary/aromatic N) is 2. The standard InChI is InChI=1S/C12H15N3/c1-10(2)7-13-8-11-9-14-15-6-4-3-5-12(11)15/h3-6,9,13H,1,7-8H2,2H3. The topological polar surface area (TPSA) is 29.3 Å². The van der Waals surface area contributed by atoms with Gasteiger partial charge in [0, 0.05) is 24.8 Å². The van der Waals surface area contributed by atoms with Crippen molar-refractivity contribution in [1.82, 2.24) is 14.9 Å². The van der Waals surface area contributed by atoms with Gasteiger partial charge in [-0.1, -0.05) is 18.2 Å². The second-order valence-electron chi connectivity index (χ2n) is 3.76. The molecule has 3 nitrogen and oxygen atoms in total. The second kappa shape index (κ2) is 4.28. The molecular weight excluding hydrogens is 186 g/mol. The highest BCUT2D eigenvalue weighted by molar-refractivity contribution is 5.53. The van der Waals surface area contributed by atoms with Crippen molar-refractivity contribution in [2.24, 2.45) is 0 Å². The maximum atomic E-state index is 4.27. The van der Waals surface area contributed by atoms with E-state index < -0.39 is 0 Å². The number of nitrogens with one attached hydrogen (secondary N) is 1. The van der Waals surface area contributed by atoms with Crippen LogP contribution in [-0.2, 0) is 6.54 Å². The molecule has 1 N–H and O–H groups in total. The quantitative estimate of drug-likeness (QED) is 0.767. The molecule has 0 fully saturated rings. The van der Waals surface area contributed by atoms with E-state index in [1.165, 1.54) is 5.56 Å². The lowest BCUT2D eigenvalue weighted by Gasteiger charge is -2.02. The smallest absolute Gasteiger partial charge is 0.0706 e. The Bertz CT molecular complexity index is 470. The predicted octanol–water partition coefficient (Wildman–Crippen LogP) is 2.00. The molecule has 0 aliphatic carbocycles. The number of aromatic nitrogens is 2. The molecular formula is C12H15N3. The summed E-state index contributed by atoms with van der Waals surface area (Å²) in [6.45, 7) is 7.55. The van der Waals surface area contributed by atoms with Crippen molar-refractivity contribution in [3.63, 3.8) is 0 Å². The van der Waals surface area contributed by atoms with Gasteiger partial charge in [0.1, 0.15) is 0 Å². The van der Waals surface area contributed by atoms with Crippen LogP contribution in [0.25, 0.3) is 5.52 Å². The van der Waals surface area contributed by atoms with Gasteiger partial charge >= 0.3 is 0 Å². The highest BCUT2D eigenvalue weighted by Gasteiger charge is 2.01. The first-order chi connectivity index (χ1) is 7.27. The summed E-state index contributed by atoms with van der Waals surface area (Å²) in [4.78, 5) is 0. The van der Waals surface area contributed by atoms with E-state index in [1.807, 2.05) is 36.0 Å². The third kappa shape index (κ3) is 2.25. The van der Waals surface area contributed by atoms with Crippen LogP contribution in [0.3, 0.4) is 0 Å². The number of pyridine rings is 1. The van der Waals surface area contributed by atoms with Gasteiger partial charge in [0.05, 0.1) is 11.7 Å². The zero-order valence-corrected chi connectivity index (χ0v) is 8.90. The second-order valence-corrected chi connectivity index (χ2v) is 3.76. The Morgan fingerprint density at radius 3 is 3.20 bits per heavy atom. The first-order valence-corrected chi connectivity index (χ1v) is 5.04. The maximum Gasteiger partial charge on any atom is 0.0706 e. The average Bonchev–Trinajstić information content (AvgIpc) is 2.62. The molecule has 2 heterocycles. The van der Waals surface area contributed by atoms with E-state index in [4.69, 9.17) is 0 Å². The van der Waals surface area contributed by atoms with E-state index in [0.717, 1.165) is 24.2 Å². The molecule has 2 rings (SSSR count). The van der Waals surface area contributed by atoms with E-state index in [0.29, 0.717) is 0 Å². The lowest BCUT2D eigenvalue weighted by atomic mass is 10.2. The monoisotopic (exact) mass is 201 g/mol. The van der Waals surface area contributed by atoms with Gasteiger partial charge in [-0.05, 0) is 19.1 Å².